The minimum absolute atomic E-state index is 0.0596. The Hall–Kier alpha value is -1.97. The van der Waals surface area contributed by atoms with E-state index in [9.17, 15) is 18.0 Å². The van der Waals surface area contributed by atoms with Gasteiger partial charge in [-0.3, -0.25) is 18.9 Å². The van der Waals surface area contributed by atoms with Crippen molar-refractivity contribution in [2.24, 2.45) is 5.41 Å². The van der Waals surface area contributed by atoms with Gasteiger partial charge in [0.25, 0.3) is 0 Å². The maximum Gasteiger partial charge on any atom is 0.357 e. The summed E-state index contributed by atoms with van der Waals surface area (Å²) >= 11 is 0. The first-order chi connectivity index (χ1) is 11.3. The van der Waals surface area contributed by atoms with E-state index in [4.69, 9.17) is 9.29 Å². The van der Waals surface area contributed by atoms with Crippen molar-refractivity contribution in [3.63, 3.8) is 0 Å². The third kappa shape index (κ3) is 7.20. The van der Waals surface area contributed by atoms with Gasteiger partial charge in [-0.2, -0.15) is 8.42 Å². The van der Waals surface area contributed by atoms with Crippen LogP contribution in [0.5, 0.6) is 5.75 Å². The van der Waals surface area contributed by atoms with Crippen LogP contribution in [-0.4, -0.2) is 37.3 Å². The smallest absolute Gasteiger partial charge is 0.357 e. The monoisotopic (exact) mass is 372 g/mol. The molecule has 1 rings (SSSR count). The lowest BCUT2D eigenvalue weighted by Crippen LogP contribution is -2.29. The van der Waals surface area contributed by atoms with Gasteiger partial charge in [0.1, 0.15) is 0 Å². The molecule has 0 atom stereocenters. The highest BCUT2D eigenvalue weighted by molar-refractivity contribution is 7.87. The predicted octanol–water partition coefficient (Wildman–Crippen LogP) is 2.03. The number of ketones is 1. The second-order valence-corrected chi connectivity index (χ2v) is 8.04. The third-order valence-corrected chi connectivity index (χ3v) is 3.50. The fraction of sp³-hybridized carbons (Fsp3) is 0.500. The zero-order chi connectivity index (χ0) is 19.4. The van der Waals surface area contributed by atoms with E-state index >= 15 is 0 Å². The number of rotatable bonds is 7. The lowest BCUT2D eigenvalue weighted by Gasteiger charge is -2.18. The van der Waals surface area contributed by atoms with E-state index in [0.717, 1.165) is 0 Å². The SMILES string of the molecule is CC(C)NCC(=O)c1ccc(OC(=O)C(C)(C)C)c(NS(=O)(=O)O)c1. The van der Waals surface area contributed by atoms with Gasteiger partial charge < -0.3 is 10.1 Å². The van der Waals surface area contributed by atoms with Crippen LogP contribution >= 0.6 is 0 Å². The molecule has 0 spiro atoms. The summed E-state index contributed by atoms with van der Waals surface area (Å²) in [6, 6.07) is 4.04. The topological polar surface area (TPSA) is 122 Å². The zero-order valence-electron chi connectivity index (χ0n) is 14.9. The average molecular weight is 372 g/mol. The quantitative estimate of drug-likeness (QED) is 0.290. The molecule has 0 aliphatic rings. The lowest BCUT2D eigenvalue weighted by atomic mass is 9.97. The van der Waals surface area contributed by atoms with Crippen LogP contribution in [0.1, 0.15) is 45.0 Å². The van der Waals surface area contributed by atoms with Crippen LogP contribution in [-0.2, 0) is 15.1 Å². The molecular formula is C16H24N2O6S. The van der Waals surface area contributed by atoms with E-state index < -0.39 is 21.7 Å². The van der Waals surface area contributed by atoms with Gasteiger partial charge in [-0.05, 0) is 39.0 Å². The summed E-state index contributed by atoms with van der Waals surface area (Å²) in [5.41, 5.74) is -0.809. The molecule has 8 nitrogen and oxygen atoms in total. The summed E-state index contributed by atoms with van der Waals surface area (Å²) in [5.74, 6) is -0.974. The van der Waals surface area contributed by atoms with Crippen LogP contribution in [0.3, 0.4) is 0 Å². The van der Waals surface area contributed by atoms with Crippen molar-refractivity contribution < 1.29 is 27.3 Å². The van der Waals surface area contributed by atoms with Crippen molar-refractivity contribution in [1.82, 2.24) is 5.32 Å². The zero-order valence-corrected chi connectivity index (χ0v) is 15.7. The van der Waals surface area contributed by atoms with E-state index in [1.807, 2.05) is 18.6 Å². The van der Waals surface area contributed by atoms with Gasteiger partial charge in [-0.25, -0.2) is 0 Å². The van der Waals surface area contributed by atoms with Crippen molar-refractivity contribution in [2.45, 2.75) is 40.7 Å². The van der Waals surface area contributed by atoms with Crippen LogP contribution in [0.15, 0.2) is 18.2 Å². The summed E-state index contributed by atoms with van der Waals surface area (Å²) in [7, 11) is -4.61. The van der Waals surface area contributed by atoms with Gasteiger partial charge in [-0.15, -0.1) is 0 Å². The Morgan fingerprint density at radius 3 is 2.32 bits per heavy atom. The Balaban J connectivity index is 3.17. The highest BCUT2D eigenvalue weighted by atomic mass is 32.2. The highest BCUT2D eigenvalue weighted by Gasteiger charge is 2.25. The first-order valence-corrected chi connectivity index (χ1v) is 9.12. The first kappa shape index (κ1) is 21.1. The lowest BCUT2D eigenvalue weighted by molar-refractivity contribution is -0.142. The minimum atomic E-state index is -4.61. The Bertz CT molecular complexity index is 750. The molecule has 0 aliphatic carbocycles. The van der Waals surface area contributed by atoms with Gasteiger partial charge in [-0.1, -0.05) is 13.8 Å². The van der Waals surface area contributed by atoms with E-state index in [0.29, 0.717) is 0 Å². The predicted molar refractivity (Wildman–Crippen MR) is 94.2 cm³/mol. The molecule has 0 radical (unpaired) electrons. The van der Waals surface area contributed by atoms with Crippen molar-refractivity contribution in [2.75, 3.05) is 11.3 Å². The summed E-state index contributed by atoms with van der Waals surface area (Å²) < 4.78 is 38.3. The molecule has 0 aromatic heterocycles. The number of ether oxygens (including phenoxy) is 1. The maximum atomic E-state index is 12.1. The molecule has 0 fully saturated rings. The molecule has 0 heterocycles. The number of hydrogen-bond acceptors (Lipinski definition) is 6. The fourth-order valence-electron chi connectivity index (χ4n) is 1.66. The van der Waals surface area contributed by atoms with E-state index in [1.54, 1.807) is 20.8 Å². The Morgan fingerprint density at radius 1 is 1.24 bits per heavy atom. The summed E-state index contributed by atoms with van der Waals surface area (Å²) in [4.78, 5) is 24.2. The molecule has 3 N–H and O–H groups in total. The molecule has 0 amide bonds. The standard InChI is InChI=1S/C16H24N2O6S/c1-10(2)17-9-13(19)11-6-7-14(24-15(20)16(3,4)5)12(8-11)18-25(21,22)23/h6-8,10,17-18H,9H2,1-5H3,(H,21,22,23). The third-order valence-electron chi connectivity index (χ3n) is 3.03. The minimum Gasteiger partial charge on any atom is -0.424 e. The van der Waals surface area contributed by atoms with Crippen LogP contribution in [0, 0.1) is 5.41 Å². The maximum absolute atomic E-state index is 12.1. The molecule has 25 heavy (non-hydrogen) atoms. The molecule has 9 heteroatoms. The van der Waals surface area contributed by atoms with E-state index in [2.05, 4.69) is 5.32 Å². The molecule has 0 aliphatic heterocycles. The average Bonchev–Trinajstić information content (AvgIpc) is 2.43. The van der Waals surface area contributed by atoms with Crippen molar-refractivity contribution >= 4 is 27.7 Å². The molecule has 0 bridgehead atoms. The Kier molecular flexibility index (Phi) is 6.69. The van der Waals surface area contributed by atoms with Crippen LogP contribution in [0.4, 0.5) is 5.69 Å². The molecule has 0 unspecified atom stereocenters. The van der Waals surface area contributed by atoms with Crippen molar-refractivity contribution in [3.05, 3.63) is 23.8 Å². The van der Waals surface area contributed by atoms with Crippen LogP contribution in [0.25, 0.3) is 0 Å². The molecule has 1 aromatic carbocycles. The molecular weight excluding hydrogens is 348 g/mol. The van der Waals surface area contributed by atoms with Gasteiger partial charge >= 0.3 is 16.3 Å². The van der Waals surface area contributed by atoms with Crippen LogP contribution in [0.2, 0.25) is 0 Å². The molecule has 0 saturated carbocycles. The summed E-state index contributed by atoms with van der Waals surface area (Å²) in [6.07, 6.45) is 0. The highest BCUT2D eigenvalue weighted by Crippen LogP contribution is 2.29. The van der Waals surface area contributed by atoms with Crippen molar-refractivity contribution in [3.8, 4) is 5.75 Å². The number of carbonyl (C=O) groups is 2. The number of hydrogen-bond donors (Lipinski definition) is 3. The number of esters is 1. The second kappa shape index (κ2) is 7.94. The van der Waals surface area contributed by atoms with Gasteiger partial charge in [0, 0.05) is 11.6 Å². The normalized spacial score (nSPS) is 12.1. The Morgan fingerprint density at radius 2 is 1.84 bits per heavy atom. The van der Waals surface area contributed by atoms with Gasteiger partial charge in [0.15, 0.2) is 11.5 Å². The number of nitrogens with one attached hydrogen (secondary N) is 2. The number of anilines is 1. The second-order valence-electron chi connectivity index (χ2n) is 6.89. The number of carbonyl (C=O) groups excluding carboxylic acids is 2. The number of benzene rings is 1. The first-order valence-electron chi connectivity index (χ1n) is 7.68. The Labute approximate surface area is 147 Å². The number of Topliss-reactive ketones (excluding diaryl/α,β-unsaturated/α-hetero) is 1. The fourth-order valence-corrected chi connectivity index (χ4v) is 2.10. The van der Waals surface area contributed by atoms with E-state index in [-0.39, 0.29) is 35.4 Å². The van der Waals surface area contributed by atoms with Gasteiger partial charge in [0.2, 0.25) is 0 Å². The summed E-state index contributed by atoms with van der Waals surface area (Å²) in [5, 5.41) is 2.96. The summed E-state index contributed by atoms with van der Waals surface area (Å²) in [6.45, 7) is 8.74. The van der Waals surface area contributed by atoms with Crippen molar-refractivity contribution in [1.29, 1.82) is 0 Å². The molecule has 1 aromatic rings. The largest absolute Gasteiger partial charge is 0.424 e. The van der Waals surface area contributed by atoms with E-state index in [1.165, 1.54) is 18.2 Å². The molecule has 140 valence electrons. The van der Waals surface area contributed by atoms with Gasteiger partial charge in [0.05, 0.1) is 17.6 Å². The molecule has 0 saturated heterocycles. The van der Waals surface area contributed by atoms with Crippen LogP contribution < -0.4 is 14.8 Å².